The molecule has 34 heavy (non-hydrogen) atoms. The summed E-state index contributed by atoms with van der Waals surface area (Å²) in [6.45, 7) is 5.08. The first kappa shape index (κ1) is 23.6. The molecular formula is C24H21ClFN5O2S. The highest BCUT2D eigenvalue weighted by atomic mass is 35.5. The van der Waals surface area contributed by atoms with E-state index in [1.54, 1.807) is 6.92 Å². The number of thiazole rings is 1. The molecule has 174 valence electrons. The fraction of sp³-hybridized carbons (Fsp3) is 0.167. The highest BCUT2D eigenvalue weighted by molar-refractivity contribution is 7.14. The number of amides is 2. The Morgan fingerprint density at radius 3 is 2.44 bits per heavy atom. The van der Waals surface area contributed by atoms with Crippen molar-refractivity contribution in [3.05, 3.63) is 81.7 Å². The number of aryl methyl sites for hydroxylation is 1. The number of carbonyl (C=O) groups is 2. The van der Waals surface area contributed by atoms with Crippen molar-refractivity contribution in [3.8, 4) is 16.9 Å². The zero-order chi connectivity index (χ0) is 24.4. The number of benzene rings is 2. The van der Waals surface area contributed by atoms with E-state index in [4.69, 9.17) is 11.6 Å². The molecule has 0 bridgehead atoms. The van der Waals surface area contributed by atoms with Crippen LogP contribution in [-0.4, -0.2) is 26.6 Å². The van der Waals surface area contributed by atoms with E-state index >= 15 is 0 Å². The Labute approximate surface area is 204 Å². The average molecular weight is 498 g/mol. The molecule has 0 spiro atoms. The summed E-state index contributed by atoms with van der Waals surface area (Å²) in [6.07, 6.45) is 0. The van der Waals surface area contributed by atoms with Crippen LogP contribution in [0.1, 0.15) is 41.5 Å². The van der Waals surface area contributed by atoms with Crippen molar-refractivity contribution in [1.29, 1.82) is 0 Å². The minimum absolute atomic E-state index is 0.0880. The van der Waals surface area contributed by atoms with Crippen LogP contribution < -0.4 is 10.6 Å². The second kappa shape index (κ2) is 9.74. The molecule has 1 unspecified atom stereocenters. The summed E-state index contributed by atoms with van der Waals surface area (Å²) in [5.41, 5.74) is 3.77. The van der Waals surface area contributed by atoms with E-state index in [1.807, 2.05) is 36.6 Å². The number of hydrogen-bond acceptors (Lipinski definition) is 5. The van der Waals surface area contributed by atoms with E-state index in [0.29, 0.717) is 22.2 Å². The fourth-order valence-corrected chi connectivity index (χ4v) is 4.54. The van der Waals surface area contributed by atoms with Gasteiger partial charge in [-0.1, -0.05) is 35.9 Å². The van der Waals surface area contributed by atoms with Gasteiger partial charge in [0, 0.05) is 17.9 Å². The Bertz CT molecular complexity index is 1350. The molecular weight excluding hydrogens is 477 g/mol. The largest absolute Gasteiger partial charge is 0.350 e. The molecule has 7 nitrogen and oxygen atoms in total. The number of aromatic nitrogens is 3. The summed E-state index contributed by atoms with van der Waals surface area (Å²) >= 11 is 7.73. The molecule has 2 aromatic heterocycles. The zero-order valence-corrected chi connectivity index (χ0v) is 20.2. The Morgan fingerprint density at radius 1 is 1.12 bits per heavy atom. The summed E-state index contributed by atoms with van der Waals surface area (Å²) < 4.78 is 14.6. The standard InChI is InChI=1S/C24H21ClFN5O2S/c1-13(27-15(3)32)16-4-6-17(7-5-16)20-12-34-24(28-20)29-23(33)21-14(2)30-31(22(21)25)19-10-8-18(26)9-11-19/h4-13H,1-3H3,(H,27,32)(H,28,29,33). The van der Waals surface area contributed by atoms with Crippen LogP contribution in [0.15, 0.2) is 53.9 Å². The summed E-state index contributed by atoms with van der Waals surface area (Å²) in [5.74, 6) is -0.899. The van der Waals surface area contributed by atoms with E-state index in [0.717, 1.165) is 11.1 Å². The van der Waals surface area contributed by atoms with Gasteiger partial charge in [-0.25, -0.2) is 14.1 Å². The predicted octanol–water partition coefficient (Wildman–Crippen LogP) is 5.55. The SMILES string of the molecule is CC(=O)NC(C)c1ccc(-c2csc(NC(=O)c3c(C)nn(-c4ccc(F)cc4)c3Cl)n2)cc1. The van der Waals surface area contributed by atoms with Gasteiger partial charge in [0.15, 0.2) is 5.13 Å². The minimum atomic E-state index is -0.434. The molecule has 1 atom stereocenters. The van der Waals surface area contributed by atoms with Gasteiger partial charge in [0.25, 0.3) is 5.91 Å². The van der Waals surface area contributed by atoms with Crippen LogP contribution >= 0.6 is 22.9 Å². The lowest BCUT2D eigenvalue weighted by molar-refractivity contribution is -0.119. The molecule has 2 N–H and O–H groups in total. The van der Waals surface area contributed by atoms with E-state index in [2.05, 4.69) is 20.7 Å². The summed E-state index contributed by atoms with van der Waals surface area (Å²) in [4.78, 5) is 28.7. The van der Waals surface area contributed by atoms with Crippen LogP contribution in [-0.2, 0) is 4.79 Å². The zero-order valence-electron chi connectivity index (χ0n) is 18.6. The van der Waals surface area contributed by atoms with Gasteiger partial charge in [0.05, 0.1) is 23.1 Å². The molecule has 2 aromatic carbocycles. The Balaban J connectivity index is 1.50. The van der Waals surface area contributed by atoms with Crippen LogP contribution in [0.25, 0.3) is 16.9 Å². The van der Waals surface area contributed by atoms with Gasteiger partial charge < -0.3 is 5.32 Å². The number of nitrogens with zero attached hydrogens (tertiary/aromatic N) is 3. The first-order chi connectivity index (χ1) is 16.2. The third-order valence-corrected chi connectivity index (χ3v) is 6.26. The number of nitrogens with one attached hydrogen (secondary N) is 2. The van der Waals surface area contributed by atoms with Gasteiger partial charge in [-0.15, -0.1) is 11.3 Å². The van der Waals surface area contributed by atoms with Crippen LogP contribution in [0.2, 0.25) is 5.15 Å². The Morgan fingerprint density at radius 2 is 1.79 bits per heavy atom. The van der Waals surface area contributed by atoms with Gasteiger partial charge in [-0.2, -0.15) is 5.10 Å². The van der Waals surface area contributed by atoms with Gasteiger partial charge in [0.1, 0.15) is 16.5 Å². The van der Waals surface area contributed by atoms with Crippen molar-refractivity contribution in [3.63, 3.8) is 0 Å². The molecule has 4 aromatic rings. The maximum absolute atomic E-state index is 13.2. The second-order valence-corrected chi connectivity index (χ2v) is 8.89. The molecule has 0 saturated heterocycles. The topological polar surface area (TPSA) is 88.9 Å². The lowest BCUT2D eigenvalue weighted by Gasteiger charge is -2.13. The van der Waals surface area contributed by atoms with Gasteiger partial charge in [0.2, 0.25) is 5.91 Å². The monoisotopic (exact) mass is 497 g/mol. The number of halogens is 2. The van der Waals surface area contributed by atoms with Crippen LogP contribution in [0.5, 0.6) is 0 Å². The Kier molecular flexibility index (Phi) is 6.76. The molecule has 2 amide bonds. The maximum Gasteiger partial charge on any atom is 0.262 e. The average Bonchev–Trinajstić information content (AvgIpc) is 3.37. The van der Waals surface area contributed by atoms with E-state index in [9.17, 15) is 14.0 Å². The van der Waals surface area contributed by atoms with E-state index in [1.165, 1.54) is 47.2 Å². The van der Waals surface area contributed by atoms with Gasteiger partial charge in [-0.3, -0.25) is 14.9 Å². The van der Waals surface area contributed by atoms with Gasteiger partial charge >= 0.3 is 0 Å². The highest BCUT2D eigenvalue weighted by Gasteiger charge is 2.22. The second-order valence-electron chi connectivity index (χ2n) is 7.68. The van der Waals surface area contributed by atoms with E-state index in [-0.39, 0.29) is 28.5 Å². The van der Waals surface area contributed by atoms with Crippen LogP contribution in [0.4, 0.5) is 9.52 Å². The number of carbonyl (C=O) groups excluding carboxylic acids is 2. The van der Waals surface area contributed by atoms with E-state index < -0.39 is 5.91 Å². The lowest BCUT2D eigenvalue weighted by Crippen LogP contribution is -2.23. The van der Waals surface area contributed by atoms with Crippen molar-refractivity contribution in [1.82, 2.24) is 20.1 Å². The molecule has 2 heterocycles. The molecule has 0 aliphatic carbocycles. The minimum Gasteiger partial charge on any atom is -0.350 e. The third kappa shape index (κ3) is 5.00. The summed E-state index contributed by atoms with van der Waals surface area (Å²) in [6, 6.07) is 13.3. The van der Waals surface area contributed by atoms with Crippen molar-refractivity contribution in [2.75, 3.05) is 5.32 Å². The predicted molar refractivity (Wildman–Crippen MR) is 131 cm³/mol. The van der Waals surface area contributed by atoms with Crippen LogP contribution in [0.3, 0.4) is 0 Å². The molecule has 4 rings (SSSR count). The summed E-state index contributed by atoms with van der Waals surface area (Å²) in [5, 5.41) is 12.3. The molecule has 0 fully saturated rings. The van der Waals surface area contributed by atoms with Crippen molar-refractivity contribution in [2.24, 2.45) is 0 Å². The smallest absolute Gasteiger partial charge is 0.262 e. The number of rotatable bonds is 6. The fourth-order valence-electron chi connectivity index (χ4n) is 3.46. The highest BCUT2D eigenvalue weighted by Crippen LogP contribution is 2.28. The molecule has 0 aliphatic heterocycles. The number of hydrogen-bond donors (Lipinski definition) is 2. The molecule has 0 saturated carbocycles. The van der Waals surface area contributed by atoms with Gasteiger partial charge in [-0.05, 0) is 43.7 Å². The normalized spacial score (nSPS) is 11.8. The Hall–Kier alpha value is -3.56. The quantitative estimate of drug-likeness (QED) is 0.365. The molecule has 0 radical (unpaired) electrons. The third-order valence-electron chi connectivity index (χ3n) is 5.15. The van der Waals surface area contributed by atoms with Crippen molar-refractivity contribution >= 4 is 39.9 Å². The maximum atomic E-state index is 13.2. The molecule has 10 heteroatoms. The number of anilines is 1. The van der Waals surface area contributed by atoms with Crippen LogP contribution in [0, 0.1) is 12.7 Å². The summed E-state index contributed by atoms with van der Waals surface area (Å²) in [7, 11) is 0. The van der Waals surface area contributed by atoms with Crippen molar-refractivity contribution < 1.29 is 14.0 Å². The first-order valence-corrected chi connectivity index (χ1v) is 11.6. The lowest BCUT2D eigenvalue weighted by atomic mass is 10.1. The molecule has 0 aliphatic rings. The van der Waals surface area contributed by atoms with Crippen molar-refractivity contribution in [2.45, 2.75) is 26.8 Å². The first-order valence-electron chi connectivity index (χ1n) is 10.4.